The highest BCUT2D eigenvalue weighted by Crippen LogP contribution is 2.42. The van der Waals surface area contributed by atoms with E-state index >= 15 is 0 Å². The molecule has 0 aliphatic carbocycles. The summed E-state index contributed by atoms with van der Waals surface area (Å²) in [4.78, 5) is 10.8. The first kappa shape index (κ1) is 13.9. The molecule has 3 heterocycles. The van der Waals surface area contributed by atoms with Gasteiger partial charge in [-0.2, -0.15) is 8.68 Å². The van der Waals surface area contributed by atoms with Crippen molar-refractivity contribution in [3.8, 4) is 0 Å². The molecule has 7 nitrogen and oxygen atoms in total. The van der Waals surface area contributed by atoms with Crippen LogP contribution in [0.4, 0.5) is 0 Å². The molecule has 0 aromatic carbocycles. The van der Waals surface area contributed by atoms with E-state index in [0.29, 0.717) is 26.3 Å². The fraction of sp³-hybridized carbons (Fsp3) is 0.636. The van der Waals surface area contributed by atoms with Crippen molar-refractivity contribution < 1.29 is 23.1 Å². The average molecular weight is 318 g/mol. The van der Waals surface area contributed by atoms with Crippen LogP contribution in [0.25, 0.3) is 0 Å². The number of aromatic carboxylic acids is 1. The SMILES string of the molecule is CC12COCC1CN(S(=O)(=O)c1csnc1C(=O)O)C2. The number of carboxylic acid groups (broad SMARTS) is 1. The predicted octanol–water partition coefficient (Wildman–Crippen LogP) is 0.498. The van der Waals surface area contributed by atoms with Crippen LogP contribution in [0.15, 0.2) is 10.3 Å². The maximum absolute atomic E-state index is 12.6. The molecule has 110 valence electrons. The van der Waals surface area contributed by atoms with Gasteiger partial charge in [-0.05, 0) is 11.5 Å². The van der Waals surface area contributed by atoms with Gasteiger partial charge in [0.2, 0.25) is 10.0 Å². The van der Waals surface area contributed by atoms with Gasteiger partial charge in [-0.1, -0.05) is 6.92 Å². The lowest BCUT2D eigenvalue weighted by atomic mass is 9.83. The Morgan fingerprint density at radius 3 is 3.05 bits per heavy atom. The lowest BCUT2D eigenvalue weighted by molar-refractivity contribution is 0.0687. The van der Waals surface area contributed by atoms with Crippen molar-refractivity contribution in [1.29, 1.82) is 0 Å². The summed E-state index contributed by atoms with van der Waals surface area (Å²) in [5.41, 5.74) is -0.576. The number of rotatable bonds is 3. The molecule has 1 N–H and O–H groups in total. The van der Waals surface area contributed by atoms with Crippen LogP contribution in [0.2, 0.25) is 0 Å². The van der Waals surface area contributed by atoms with Crippen molar-refractivity contribution in [3.05, 3.63) is 11.1 Å². The molecule has 0 amide bonds. The van der Waals surface area contributed by atoms with E-state index in [2.05, 4.69) is 4.37 Å². The smallest absolute Gasteiger partial charge is 0.357 e. The molecule has 2 unspecified atom stereocenters. The highest BCUT2D eigenvalue weighted by atomic mass is 32.2. The summed E-state index contributed by atoms with van der Waals surface area (Å²) >= 11 is 0.839. The van der Waals surface area contributed by atoms with Crippen molar-refractivity contribution in [3.63, 3.8) is 0 Å². The summed E-state index contributed by atoms with van der Waals surface area (Å²) in [7, 11) is -3.81. The van der Waals surface area contributed by atoms with Gasteiger partial charge >= 0.3 is 5.97 Å². The molecule has 2 aliphatic rings. The molecule has 3 rings (SSSR count). The van der Waals surface area contributed by atoms with Gasteiger partial charge in [0.25, 0.3) is 0 Å². The number of hydrogen-bond donors (Lipinski definition) is 1. The van der Waals surface area contributed by atoms with Crippen LogP contribution in [-0.4, -0.2) is 54.5 Å². The Bertz CT molecular complexity index is 656. The molecule has 9 heteroatoms. The van der Waals surface area contributed by atoms with Crippen LogP contribution >= 0.6 is 11.5 Å². The first-order valence-electron chi connectivity index (χ1n) is 6.10. The van der Waals surface area contributed by atoms with Gasteiger partial charge in [0, 0.05) is 29.8 Å². The number of aromatic nitrogens is 1. The Labute approximate surface area is 120 Å². The summed E-state index contributed by atoms with van der Waals surface area (Å²) in [5.74, 6) is -1.16. The number of fused-ring (bicyclic) bond motifs is 1. The van der Waals surface area contributed by atoms with Gasteiger partial charge < -0.3 is 9.84 Å². The van der Waals surface area contributed by atoms with Gasteiger partial charge in [-0.15, -0.1) is 0 Å². The Morgan fingerprint density at radius 2 is 2.40 bits per heavy atom. The molecule has 1 aromatic heterocycles. The largest absolute Gasteiger partial charge is 0.476 e. The van der Waals surface area contributed by atoms with Crippen LogP contribution < -0.4 is 0 Å². The maximum atomic E-state index is 12.6. The molecular formula is C11H14N2O5S2. The number of carboxylic acids is 1. The third kappa shape index (κ3) is 1.96. The predicted molar refractivity (Wildman–Crippen MR) is 70.2 cm³/mol. The maximum Gasteiger partial charge on any atom is 0.357 e. The zero-order valence-electron chi connectivity index (χ0n) is 10.8. The summed E-state index contributed by atoms with van der Waals surface area (Å²) in [6, 6.07) is 0. The third-order valence-electron chi connectivity index (χ3n) is 4.06. The van der Waals surface area contributed by atoms with Gasteiger partial charge in [0.15, 0.2) is 5.69 Å². The van der Waals surface area contributed by atoms with Crippen LogP contribution in [0.3, 0.4) is 0 Å². The number of carbonyl (C=O) groups is 1. The molecule has 0 saturated carbocycles. The fourth-order valence-corrected chi connectivity index (χ4v) is 5.50. The number of nitrogens with zero attached hydrogens (tertiary/aromatic N) is 2. The number of ether oxygens (including phenoxy) is 1. The van der Waals surface area contributed by atoms with Crippen molar-refractivity contribution in [2.45, 2.75) is 11.8 Å². The van der Waals surface area contributed by atoms with E-state index in [9.17, 15) is 13.2 Å². The van der Waals surface area contributed by atoms with E-state index in [0.717, 1.165) is 11.5 Å². The van der Waals surface area contributed by atoms with E-state index in [-0.39, 0.29) is 16.2 Å². The van der Waals surface area contributed by atoms with Crippen LogP contribution in [0, 0.1) is 11.3 Å². The van der Waals surface area contributed by atoms with Crippen LogP contribution in [0.5, 0.6) is 0 Å². The number of hydrogen-bond acceptors (Lipinski definition) is 6. The van der Waals surface area contributed by atoms with E-state index in [1.54, 1.807) is 0 Å². The molecule has 0 bridgehead atoms. The molecule has 2 fully saturated rings. The molecule has 0 spiro atoms. The van der Waals surface area contributed by atoms with E-state index in [1.165, 1.54) is 9.69 Å². The Hall–Kier alpha value is -1.03. The lowest BCUT2D eigenvalue weighted by Crippen LogP contribution is -2.33. The molecule has 20 heavy (non-hydrogen) atoms. The molecule has 2 saturated heterocycles. The first-order valence-corrected chi connectivity index (χ1v) is 8.38. The molecule has 2 aliphatic heterocycles. The van der Waals surface area contributed by atoms with Gasteiger partial charge in [0.05, 0.1) is 13.2 Å². The minimum atomic E-state index is -3.81. The standard InChI is InChI=1S/C11H14N2O5S2/c1-11-5-13(2-7(11)3-18-6-11)20(16,17)8-4-19-12-9(8)10(14)15/h4,7H,2-3,5-6H2,1H3,(H,14,15). The van der Waals surface area contributed by atoms with E-state index < -0.39 is 21.7 Å². The Balaban J connectivity index is 1.94. The first-order chi connectivity index (χ1) is 9.34. The third-order valence-corrected chi connectivity index (χ3v) is 6.66. The van der Waals surface area contributed by atoms with E-state index in [1.807, 2.05) is 6.92 Å². The normalized spacial score (nSPS) is 30.6. The van der Waals surface area contributed by atoms with Crippen molar-refractivity contribution >= 4 is 27.5 Å². The summed E-state index contributed by atoms with van der Waals surface area (Å²) in [6.07, 6.45) is 0. The van der Waals surface area contributed by atoms with E-state index in [4.69, 9.17) is 9.84 Å². The van der Waals surface area contributed by atoms with Crippen LogP contribution in [-0.2, 0) is 14.8 Å². The van der Waals surface area contributed by atoms with Crippen LogP contribution in [0.1, 0.15) is 17.4 Å². The average Bonchev–Trinajstić information content (AvgIpc) is 2.99. The second-order valence-electron chi connectivity index (χ2n) is 5.50. The minimum absolute atomic E-state index is 0.164. The zero-order valence-corrected chi connectivity index (χ0v) is 12.4. The molecule has 2 atom stereocenters. The highest BCUT2D eigenvalue weighted by molar-refractivity contribution is 7.89. The minimum Gasteiger partial charge on any atom is -0.476 e. The summed E-state index contributed by atoms with van der Waals surface area (Å²) in [6.45, 7) is 3.82. The highest BCUT2D eigenvalue weighted by Gasteiger charge is 2.51. The molecular weight excluding hydrogens is 304 g/mol. The molecule has 0 radical (unpaired) electrons. The van der Waals surface area contributed by atoms with Crippen molar-refractivity contribution in [2.75, 3.05) is 26.3 Å². The van der Waals surface area contributed by atoms with Gasteiger partial charge in [0.1, 0.15) is 4.90 Å². The van der Waals surface area contributed by atoms with Crippen molar-refractivity contribution in [1.82, 2.24) is 8.68 Å². The van der Waals surface area contributed by atoms with Crippen molar-refractivity contribution in [2.24, 2.45) is 11.3 Å². The quantitative estimate of drug-likeness (QED) is 0.871. The molecule has 1 aromatic rings. The monoisotopic (exact) mass is 318 g/mol. The Kier molecular flexibility index (Phi) is 3.12. The lowest BCUT2D eigenvalue weighted by Gasteiger charge is -2.21. The second-order valence-corrected chi connectivity index (χ2v) is 8.03. The topological polar surface area (TPSA) is 96.8 Å². The summed E-state index contributed by atoms with van der Waals surface area (Å²) < 4.78 is 35.6. The summed E-state index contributed by atoms with van der Waals surface area (Å²) in [5, 5.41) is 10.3. The zero-order chi connectivity index (χ0) is 14.5. The number of sulfonamides is 1. The van der Waals surface area contributed by atoms with Gasteiger partial charge in [-0.25, -0.2) is 13.2 Å². The fourth-order valence-electron chi connectivity index (χ4n) is 2.79. The van der Waals surface area contributed by atoms with Gasteiger partial charge in [-0.3, -0.25) is 0 Å². The second kappa shape index (κ2) is 4.48. The Morgan fingerprint density at radius 1 is 1.65 bits per heavy atom.